The van der Waals surface area contributed by atoms with E-state index in [1.54, 1.807) is 0 Å². The van der Waals surface area contributed by atoms with Gasteiger partial charge in [-0.3, -0.25) is 0 Å². The molecular weight excluding hydrogens is 192 g/mol. The van der Waals surface area contributed by atoms with E-state index >= 15 is 0 Å². The molecule has 0 aliphatic heterocycles. The van der Waals surface area contributed by atoms with Gasteiger partial charge in [0.1, 0.15) is 0 Å². The Bertz CT molecular complexity index is 209. The van der Waals surface area contributed by atoms with Crippen molar-refractivity contribution < 1.29 is 0 Å². The minimum absolute atomic E-state index is 0.440. The molecule has 0 saturated heterocycles. The maximum Gasteiger partial charge on any atom is 0.0733 e. The molecule has 0 atom stereocenters. The van der Waals surface area contributed by atoms with Crippen molar-refractivity contribution in [3.8, 4) is 0 Å². The third-order valence-corrected chi connectivity index (χ3v) is 2.93. The van der Waals surface area contributed by atoms with Crippen molar-refractivity contribution in [3.05, 3.63) is 0 Å². The highest BCUT2D eigenvalue weighted by Crippen LogP contribution is 2.49. The minimum atomic E-state index is 0.440. The van der Waals surface area contributed by atoms with Crippen LogP contribution in [-0.4, -0.2) is 30.0 Å². The van der Waals surface area contributed by atoms with Crippen molar-refractivity contribution in [1.82, 2.24) is 4.90 Å². The van der Waals surface area contributed by atoms with Gasteiger partial charge in [-0.15, -0.1) is 0 Å². The molecule has 0 aromatic rings. The maximum atomic E-state index is 5.61. The van der Waals surface area contributed by atoms with E-state index in [0.717, 1.165) is 18.9 Å². The summed E-state index contributed by atoms with van der Waals surface area (Å²) in [5, 5.41) is 0. The molecule has 0 spiro atoms. The van der Waals surface area contributed by atoms with Gasteiger partial charge in [0, 0.05) is 19.5 Å². The van der Waals surface area contributed by atoms with Gasteiger partial charge in [0.05, 0.1) is 4.99 Å². The zero-order valence-corrected chi connectivity index (χ0v) is 10.4. The van der Waals surface area contributed by atoms with Crippen LogP contribution in [-0.2, 0) is 0 Å². The van der Waals surface area contributed by atoms with E-state index in [1.807, 2.05) is 0 Å². The first-order chi connectivity index (χ1) is 6.43. The third-order valence-electron chi connectivity index (χ3n) is 2.79. The smallest absolute Gasteiger partial charge is 0.0733 e. The first kappa shape index (κ1) is 11.9. The molecule has 1 saturated carbocycles. The van der Waals surface area contributed by atoms with Crippen molar-refractivity contribution in [2.24, 2.45) is 17.1 Å². The Hall–Kier alpha value is -0.150. The Balaban J connectivity index is 2.32. The molecule has 0 aromatic carbocycles. The van der Waals surface area contributed by atoms with Gasteiger partial charge in [0.15, 0.2) is 0 Å². The predicted molar refractivity (Wildman–Crippen MR) is 65.4 cm³/mol. The van der Waals surface area contributed by atoms with Gasteiger partial charge in [-0.1, -0.05) is 26.1 Å². The molecule has 3 heteroatoms. The first-order valence-corrected chi connectivity index (χ1v) is 5.81. The lowest BCUT2D eigenvalue weighted by atomic mass is 10.0. The Morgan fingerprint density at radius 1 is 1.50 bits per heavy atom. The summed E-state index contributed by atoms with van der Waals surface area (Å²) in [5.41, 5.74) is 6.05. The predicted octanol–water partition coefficient (Wildman–Crippen LogP) is 2.03. The van der Waals surface area contributed by atoms with Crippen LogP contribution in [0.4, 0.5) is 0 Å². The summed E-state index contributed by atoms with van der Waals surface area (Å²) >= 11 is 4.98. The van der Waals surface area contributed by atoms with Gasteiger partial charge in [0.2, 0.25) is 0 Å². The van der Waals surface area contributed by atoms with E-state index in [1.165, 1.54) is 19.4 Å². The van der Waals surface area contributed by atoms with Crippen LogP contribution in [0.1, 0.15) is 33.1 Å². The molecule has 0 amide bonds. The number of hydrogen-bond donors (Lipinski definition) is 1. The van der Waals surface area contributed by atoms with Crippen LogP contribution in [0.2, 0.25) is 0 Å². The number of rotatable bonds is 6. The van der Waals surface area contributed by atoms with Crippen molar-refractivity contribution >= 4 is 17.2 Å². The van der Waals surface area contributed by atoms with Crippen LogP contribution in [0, 0.1) is 11.3 Å². The quantitative estimate of drug-likeness (QED) is 0.686. The number of nitrogens with zero attached hydrogens (tertiary/aromatic N) is 1. The fourth-order valence-electron chi connectivity index (χ4n) is 2.20. The van der Waals surface area contributed by atoms with E-state index in [9.17, 15) is 0 Å². The number of nitrogens with two attached hydrogens (primary N) is 1. The molecule has 2 N–H and O–H groups in total. The topological polar surface area (TPSA) is 29.3 Å². The fourth-order valence-corrected chi connectivity index (χ4v) is 2.50. The van der Waals surface area contributed by atoms with Crippen molar-refractivity contribution in [1.29, 1.82) is 0 Å². The Morgan fingerprint density at radius 2 is 2.07 bits per heavy atom. The lowest BCUT2D eigenvalue weighted by molar-refractivity contribution is 0.242. The van der Waals surface area contributed by atoms with Crippen molar-refractivity contribution in [2.75, 3.05) is 20.1 Å². The van der Waals surface area contributed by atoms with Gasteiger partial charge in [-0.05, 0) is 31.2 Å². The van der Waals surface area contributed by atoms with E-state index in [2.05, 4.69) is 25.8 Å². The van der Waals surface area contributed by atoms with Crippen molar-refractivity contribution in [3.63, 3.8) is 0 Å². The first-order valence-electron chi connectivity index (χ1n) is 5.40. The van der Waals surface area contributed by atoms with Gasteiger partial charge >= 0.3 is 0 Å². The normalized spacial score (nSPS) is 18.9. The van der Waals surface area contributed by atoms with Crippen molar-refractivity contribution in [2.45, 2.75) is 33.1 Å². The molecule has 1 rings (SSSR count). The Labute approximate surface area is 92.8 Å². The fraction of sp³-hybridized carbons (Fsp3) is 0.909. The van der Waals surface area contributed by atoms with Crippen LogP contribution in [0.25, 0.3) is 0 Å². The summed E-state index contributed by atoms with van der Waals surface area (Å²) in [7, 11) is 2.19. The summed E-state index contributed by atoms with van der Waals surface area (Å²) in [6.45, 7) is 6.83. The molecule has 0 heterocycles. The van der Waals surface area contributed by atoms with Crippen LogP contribution in [0.5, 0.6) is 0 Å². The van der Waals surface area contributed by atoms with Crippen LogP contribution in [0.3, 0.4) is 0 Å². The summed E-state index contributed by atoms with van der Waals surface area (Å²) in [6.07, 6.45) is 3.53. The zero-order valence-electron chi connectivity index (χ0n) is 9.55. The van der Waals surface area contributed by atoms with E-state index in [4.69, 9.17) is 18.0 Å². The molecular formula is C11H22N2S. The second-order valence-corrected chi connectivity index (χ2v) is 5.76. The van der Waals surface area contributed by atoms with E-state index < -0.39 is 0 Å². The molecule has 2 nitrogen and oxygen atoms in total. The molecule has 0 bridgehead atoms. The highest BCUT2D eigenvalue weighted by atomic mass is 32.1. The SMILES string of the molecule is CC(C)CN(C)CC1(CC(N)=S)CC1. The lowest BCUT2D eigenvalue weighted by Crippen LogP contribution is -2.32. The zero-order chi connectivity index (χ0) is 10.8. The van der Waals surface area contributed by atoms with Gasteiger partial charge in [0.25, 0.3) is 0 Å². The largest absolute Gasteiger partial charge is 0.393 e. The second kappa shape index (κ2) is 4.58. The average molecular weight is 214 g/mol. The standard InChI is InChI=1S/C11H22N2S/c1-9(2)7-13(3)8-11(4-5-11)6-10(12)14/h9H,4-8H2,1-3H3,(H2,12,14). The number of hydrogen-bond acceptors (Lipinski definition) is 2. The molecule has 1 aliphatic rings. The summed E-state index contributed by atoms with van der Waals surface area (Å²) in [5.74, 6) is 0.737. The van der Waals surface area contributed by atoms with Gasteiger partial charge < -0.3 is 10.6 Å². The molecule has 14 heavy (non-hydrogen) atoms. The molecule has 0 aromatic heterocycles. The van der Waals surface area contributed by atoms with Crippen LogP contribution < -0.4 is 5.73 Å². The molecule has 0 unspecified atom stereocenters. The molecule has 82 valence electrons. The number of thiocarbonyl (C=S) groups is 1. The van der Waals surface area contributed by atoms with Gasteiger partial charge in [-0.25, -0.2) is 0 Å². The van der Waals surface area contributed by atoms with Crippen LogP contribution in [0.15, 0.2) is 0 Å². The highest BCUT2D eigenvalue weighted by molar-refractivity contribution is 7.80. The molecule has 0 radical (unpaired) electrons. The molecule has 1 aliphatic carbocycles. The average Bonchev–Trinajstić information content (AvgIpc) is 2.63. The monoisotopic (exact) mass is 214 g/mol. The maximum absolute atomic E-state index is 5.61. The summed E-state index contributed by atoms with van der Waals surface area (Å²) in [6, 6.07) is 0. The van der Waals surface area contributed by atoms with E-state index in [-0.39, 0.29) is 0 Å². The van der Waals surface area contributed by atoms with Crippen LogP contribution >= 0.6 is 12.2 Å². The van der Waals surface area contributed by atoms with E-state index in [0.29, 0.717) is 10.4 Å². The minimum Gasteiger partial charge on any atom is -0.393 e. The Kier molecular flexibility index (Phi) is 3.90. The third kappa shape index (κ3) is 3.93. The Morgan fingerprint density at radius 3 is 2.43 bits per heavy atom. The molecule has 1 fully saturated rings. The summed E-state index contributed by atoms with van der Waals surface area (Å²) < 4.78 is 0. The summed E-state index contributed by atoms with van der Waals surface area (Å²) in [4.78, 5) is 3.09. The highest BCUT2D eigenvalue weighted by Gasteiger charge is 2.43. The van der Waals surface area contributed by atoms with Gasteiger partial charge in [-0.2, -0.15) is 0 Å². The lowest BCUT2D eigenvalue weighted by Gasteiger charge is -2.24. The second-order valence-electron chi connectivity index (χ2n) is 5.23.